The number of nitrogens with zero attached hydrogens (tertiary/aromatic N) is 2. The van der Waals surface area contributed by atoms with Crippen molar-refractivity contribution in [1.82, 2.24) is 4.90 Å². The standard InChI is InChI=1S/C15H22N4O2/c1-18(2)13-4-3-11(9-12(13)16)15(21)19-7-5-10(6-8-19)14(17)20/h3-4,9-10H,5-8,16H2,1-2H3,(H2,17,20). The number of carbonyl (C=O) groups excluding carboxylic acids is 2. The third kappa shape index (κ3) is 3.26. The number of hydrogen-bond acceptors (Lipinski definition) is 4. The van der Waals surface area contributed by atoms with Crippen molar-refractivity contribution in [2.24, 2.45) is 11.7 Å². The van der Waals surface area contributed by atoms with Gasteiger partial charge >= 0.3 is 0 Å². The minimum Gasteiger partial charge on any atom is -0.397 e. The maximum Gasteiger partial charge on any atom is 0.253 e. The molecule has 2 rings (SSSR count). The largest absolute Gasteiger partial charge is 0.397 e. The zero-order valence-electron chi connectivity index (χ0n) is 12.5. The molecule has 2 amide bonds. The molecule has 0 aliphatic carbocycles. The maximum absolute atomic E-state index is 12.5. The van der Waals surface area contributed by atoms with E-state index in [1.54, 1.807) is 17.0 Å². The van der Waals surface area contributed by atoms with Crippen LogP contribution in [0.2, 0.25) is 0 Å². The molecule has 6 heteroatoms. The Kier molecular flexibility index (Phi) is 4.35. The van der Waals surface area contributed by atoms with Gasteiger partial charge in [0.15, 0.2) is 0 Å². The van der Waals surface area contributed by atoms with E-state index in [-0.39, 0.29) is 17.7 Å². The molecule has 1 aliphatic heterocycles. The van der Waals surface area contributed by atoms with Crippen molar-refractivity contribution in [2.45, 2.75) is 12.8 Å². The Hall–Kier alpha value is -2.24. The topological polar surface area (TPSA) is 92.7 Å². The van der Waals surface area contributed by atoms with E-state index < -0.39 is 0 Å². The van der Waals surface area contributed by atoms with Crippen LogP contribution in [0.15, 0.2) is 18.2 Å². The summed E-state index contributed by atoms with van der Waals surface area (Å²) < 4.78 is 0. The first kappa shape index (κ1) is 15.2. The number of benzene rings is 1. The van der Waals surface area contributed by atoms with Crippen LogP contribution in [0.5, 0.6) is 0 Å². The molecule has 0 spiro atoms. The predicted octanol–water partition coefficient (Wildman–Crippen LogP) is 0.672. The van der Waals surface area contributed by atoms with E-state index in [9.17, 15) is 9.59 Å². The van der Waals surface area contributed by atoms with Crippen LogP contribution in [0.3, 0.4) is 0 Å². The van der Waals surface area contributed by atoms with E-state index in [0.717, 1.165) is 5.69 Å². The Morgan fingerprint density at radius 1 is 1.24 bits per heavy atom. The molecule has 1 aromatic carbocycles. The monoisotopic (exact) mass is 290 g/mol. The summed E-state index contributed by atoms with van der Waals surface area (Å²) in [6, 6.07) is 5.34. The highest BCUT2D eigenvalue weighted by atomic mass is 16.2. The summed E-state index contributed by atoms with van der Waals surface area (Å²) in [5, 5.41) is 0. The Morgan fingerprint density at radius 2 is 1.86 bits per heavy atom. The molecule has 114 valence electrons. The van der Waals surface area contributed by atoms with Crippen LogP contribution in [0.4, 0.5) is 11.4 Å². The lowest BCUT2D eigenvalue weighted by atomic mass is 9.96. The Balaban J connectivity index is 2.07. The van der Waals surface area contributed by atoms with Crippen LogP contribution in [-0.2, 0) is 4.79 Å². The zero-order valence-corrected chi connectivity index (χ0v) is 12.5. The molecule has 1 fully saturated rings. The number of nitrogen functional groups attached to an aromatic ring is 1. The molecule has 21 heavy (non-hydrogen) atoms. The van der Waals surface area contributed by atoms with Crippen LogP contribution >= 0.6 is 0 Å². The van der Waals surface area contributed by atoms with Crippen LogP contribution in [0.25, 0.3) is 0 Å². The number of nitrogens with two attached hydrogens (primary N) is 2. The molecule has 1 saturated heterocycles. The highest BCUT2D eigenvalue weighted by Gasteiger charge is 2.26. The minimum atomic E-state index is -0.276. The van der Waals surface area contributed by atoms with E-state index in [0.29, 0.717) is 37.2 Å². The molecule has 0 radical (unpaired) electrons. The van der Waals surface area contributed by atoms with Gasteiger partial charge in [-0.25, -0.2) is 0 Å². The van der Waals surface area contributed by atoms with Gasteiger partial charge in [-0.1, -0.05) is 0 Å². The number of hydrogen-bond donors (Lipinski definition) is 2. The molecular formula is C15H22N4O2. The van der Waals surface area contributed by atoms with Gasteiger partial charge in [0.05, 0.1) is 11.4 Å². The van der Waals surface area contributed by atoms with E-state index >= 15 is 0 Å². The van der Waals surface area contributed by atoms with Gasteiger partial charge in [-0.05, 0) is 31.0 Å². The van der Waals surface area contributed by atoms with Gasteiger partial charge in [-0.2, -0.15) is 0 Å². The molecule has 1 aromatic rings. The van der Waals surface area contributed by atoms with E-state index in [1.165, 1.54) is 0 Å². The molecule has 4 N–H and O–H groups in total. The quantitative estimate of drug-likeness (QED) is 0.800. The second-order valence-corrected chi connectivity index (χ2v) is 5.64. The van der Waals surface area contributed by atoms with E-state index in [4.69, 9.17) is 11.5 Å². The number of rotatable bonds is 3. The first-order chi connectivity index (χ1) is 9.90. The van der Waals surface area contributed by atoms with Crippen LogP contribution < -0.4 is 16.4 Å². The van der Waals surface area contributed by atoms with Gasteiger partial charge in [0.25, 0.3) is 5.91 Å². The molecule has 0 unspecified atom stereocenters. The lowest BCUT2D eigenvalue weighted by Gasteiger charge is -2.30. The third-order valence-electron chi connectivity index (χ3n) is 3.94. The van der Waals surface area contributed by atoms with Crippen molar-refractivity contribution in [3.05, 3.63) is 23.8 Å². The molecule has 0 aromatic heterocycles. The molecule has 1 aliphatic rings. The third-order valence-corrected chi connectivity index (χ3v) is 3.94. The molecule has 1 heterocycles. The van der Waals surface area contributed by atoms with Gasteiger partial charge in [0, 0.05) is 38.7 Å². The fourth-order valence-corrected chi connectivity index (χ4v) is 2.64. The summed E-state index contributed by atoms with van der Waals surface area (Å²) in [5.41, 5.74) is 13.3. The summed E-state index contributed by atoms with van der Waals surface area (Å²) in [4.78, 5) is 27.3. The molecular weight excluding hydrogens is 268 g/mol. The number of amides is 2. The average Bonchev–Trinajstić information content (AvgIpc) is 2.46. The molecule has 0 saturated carbocycles. The normalized spacial score (nSPS) is 15.8. The zero-order chi connectivity index (χ0) is 15.6. The summed E-state index contributed by atoms with van der Waals surface area (Å²) in [7, 11) is 3.81. The van der Waals surface area contributed by atoms with E-state index in [2.05, 4.69) is 0 Å². The number of carbonyl (C=O) groups is 2. The van der Waals surface area contributed by atoms with Gasteiger partial charge in [0.1, 0.15) is 0 Å². The number of primary amides is 1. The number of piperidine rings is 1. The summed E-state index contributed by atoms with van der Waals surface area (Å²) in [5.74, 6) is -0.438. The lowest BCUT2D eigenvalue weighted by molar-refractivity contribution is -0.123. The Labute approximate surface area is 124 Å². The van der Waals surface area contributed by atoms with E-state index in [1.807, 2.05) is 25.1 Å². The fourth-order valence-electron chi connectivity index (χ4n) is 2.64. The van der Waals surface area contributed by atoms with Crippen molar-refractivity contribution < 1.29 is 9.59 Å². The summed E-state index contributed by atoms with van der Waals surface area (Å²) in [6.45, 7) is 1.11. The highest BCUT2D eigenvalue weighted by Crippen LogP contribution is 2.24. The van der Waals surface area contributed by atoms with Crippen LogP contribution in [-0.4, -0.2) is 43.9 Å². The fraction of sp³-hybridized carbons (Fsp3) is 0.467. The number of likely N-dealkylation sites (tertiary alicyclic amines) is 1. The van der Waals surface area contributed by atoms with Crippen molar-refractivity contribution in [1.29, 1.82) is 0 Å². The lowest BCUT2D eigenvalue weighted by Crippen LogP contribution is -2.41. The summed E-state index contributed by atoms with van der Waals surface area (Å²) in [6.07, 6.45) is 1.26. The molecule has 6 nitrogen and oxygen atoms in total. The van der Waals surface area contributed by atoms with Gasteiger partial charge < -0.3 is 21.3 Å². The van der Waals surface area contributed by atoms with Gasteiger partial charge in [-0.15, -0.1) is 0 Å². The first-order valence-electron chi connectivity index (χ1n) is 7.05. The predicted molar refractivity (Wildman–Crippen MR) is 83.0 cm³/mol. The van der Waals surface area contributed by atoms with Crippen molar-refractivity contribution in [2.75, 3.05) is 37.8 Å². The highest BCUT2D eigenvalue weighted by molar-refractivity contribution is 5.96. The number of anilines is 2. The second kappa shape index (κ2) is 6.03. The van der Waals surface area contributed by atoms with Crippen LogP contribution in [0, 0.1) is 5.92 Å². The second-order valence-electron chi connectivity index (χ2n) is 5.64. The minimum absolute atomic E-state index is 0.0464. The smallest absolute Gasteiger partial charge is 0.253 e. The maximum atomic E-state index is 12.5. The SMILES string of the molecule is CN(C)c1ccc(C(=O)N2CCC(C(N)=O)CC2)cc1N. The van der Waals surface area contributed by atoms with Crippen molar-refractivity contribution >= 4 is 23.2 Å². The van der Waals surface area contributed by atoms with Crippen molar-refractivity contribution in [3.8, 4) is 0 Å². The van der Waals surface area contributed by atoms with Gasteiger partial charge in [0.2, 0.25) is 5.91 Å². The van der Waals surface area contributed by atoms with Crippen molar-refractivity contribution in [3.63, 3.8) is 0 Å². The first-order valence-corrected chi connectivity index (χ1v) is 7.05. The Bertz CT molecular complexity index is 549. The van der Waals surface area contributed by atoms with Crippen LogP contribution in [0.1, 0.15) is 23.2 Å². The average molecular weight is 290 g/mol. The molecule has 0 bridgehead atoms. The summed E-state index contributed by atoms with van der Waals surface area (Å²) >= 11 is 0. The Morgan fingerprint density at radius 3 is 2.33 bits per heavy atom. The molecule has 0 atom stereocenters. The van der Waals surface area contributed by atoms with Gasteiger partial charge in [-0.3, -0.25) is 9.59 Å².